The third-order valence-corrected chi connectivity index (χ3v) is 5.13. The number of hydrogen-bond donors (Lipinski definition) is 0. The molecule has 1 aliphatic rings. The Kier molecular flexibility index (Phi) is 8.30. The number of amides is 1. The van der Waals surface area contributed by atoms with Crippen molar-refractivity contribution in [3.63, 3.8) is 0 Å². The molecule has 9 nitrogen and oxygen atoms in total. The van der Waals surface area contributed by atoms with Crippen LogP contribution in [0.2, 0.25) is 5.15 Å². The molecule has 3 heterocycles. The van der Waals surface area contributed by atoms with E-state index in [2.05, 4.69) is 26.5 Å². The van der Waals surface area contributed by atoms with Gasteiger partial charge in [0.1, 0.15) is 5.15 Å². The quantitative estimate of drug-likeness (QED) is 0.252. The average Bonchev–Trinajstić information content (AvgIpc) is 2.81. The lowest BCUT2D eigenvalue weighted by Gasteiger charge is -2.33. The second-order valence-electron chi connectivity index (χ2n) is 7.82. The Labute approximate surface area is 202 Å². The number of carbonyl (C=O) groups excluding carboxylic acids is 1. The highest BCUT2D eigenvalue weighted by molar-refractivity contribution is 6.29. The van der Waals surface area contributed by atoms with E-state index >= 15 is 0 Å². The molecule has 1 saturated heterocycles. The topological polar surface area (TPSA) is 93.6 Å². The van der Waals surface area contributed by atoms with Gasteiger partial charge in [0.2, 0.25) is 11.9 Å². The predicted molar refractivity (Wildman–Crippen MR) is 127 cm³/mol. The summed E-state index contributed by atoms with van der Waals surface area (Å²) < 4.78 is 25.4. The molecule has 0 spiro atoms. The van der Waals surface area contributed by atoms with Crippen LogP contribution in [0.4, 0.5) is 10.3 Å². The highest BCUT2D eigenvalue weighted by atomic mass is 35.5. The molecule has 34 heavy (non-hydrogen) atoms. The van der Waals surface area contributed by atoms with E-state index in [0.717, 1.165) is 0 Å². The summed E-state index contributed by atoms with van der Waals surface area (Å²) in [6.45, 7) is 8.50. The van der Waals surface area contributed by atoms with Gasteiger partial charge in [-0.05, 0) is 32.1 Å². The summed E-state index contributed by atoms with van der Waals surface area (Å²) in [7, 11) is 3.25. The molecule has 1 unspecified atom stereocenters. The van der Waals surface area contributed by atoms with Crippen LogP contribution in [-0.4, -0.2) is 70.6 Å². The lowest BCUT2D eigenvalue weighted by Crippen LogP contribution is -2.44. The summed E-state index contributed by atoms with van der Waals surface area (Å²) in [5.74, 6) is -0.678. The summed E-state index contributed by atoms with van der Waals surface area (Å²) in [6, 6.07) is 3.20. The van der Waals surface area contributed by atoms with E-state index < -0.39 is 5.83 Å². The van der Waals surface area contributed by atoms with Crippen molar-refractivity contribution in [3.05, 3.63) is 59.4 Å². The molecule has 3 rings (SSSR count). The zero-order chi connectivity index (χ0) is 24.8. The summed E-state index contributed by atoms with van der Waals surface area (Å²) >= 11 is 5.91. The van der Waals surface area contributed by atoms with Gasteiger partial charge in [0.15, 0.2) is 17.4 Å². The summed E-state index contributed by atoms with van der Waals surface area (Å²) in [6.07, 6.45) is 4.28. The van der Waals surface area contributed by atoms with Gasteiger partial charge in [-0.15, -0.1) is 0 Å². The maximum absolute atomic E-state index is 14.2. The minimum absolute atomic E-state index is 0.00831. The number of likely N-dealkylation sites (N-methyl/N-ethyl adjacent to an activating group) is 1. The first-order valence-corrected chi connectivity index (χ1v) is 10.9. The van der Waals surface area contributed by atoms with Gasteiger partial charge in [-0.25, -0.2) is 9.37 Å². The van der Waals surface area contributed by atoms with E-state index in [-0.39, 0.29) is 29.5 Å². The number of carbonyl (C=O) groups is 1. The molecule has 1 amide bonds. The molecule has 0 aliphatic carbocycles. The lowest BCUT2D eigenvalue weighted by molar-refractivity contribution is -0.124. The molecule has 2 aromatic heterocycles. The monoisotopic (exact) mass is 488 g/mol. The maximum atomic E-state index is 14.2. The molecule has 0 saturated carbocycles. The van der Waals surface area contributed by atoms with Crippen LogP contribution in [0.25, 0.3) is 11.4 Å². The molecular formula is C23H26ClFN6O3. The number of morpholine rings is 1. The molecular weight excluding hydrogens is 463 g/mol. The van der Waals surface area contributed by atoms with E-state index in [1.807, 2.05) is 11.8 Å². The molecule has 1 fully saturated rings. The van der Waals surface area contributed by atoms with Gasteiger partial charge in [-0.2, -0.15) is 15.0 Å². The standard InChI is InChI=1S/C23H26ClFN6O3/c1-14(21(32)30(4)5)6-8-18(16(3)25)34-23-28-20(17-7-9-19(24)26-12-17)27-22(29-23)31-10-11-33-13-15(31)2/h6-9,12,15H,3,10-11,13H2,1-2,4-5H3. The normalized spacial score (nSPS) is 16.9. The first kappa shape index (κ1) is 25.3. The number of ether oxygens (including phenoxy) is 2. The minimum atomic E-state index is -0.849. The van der Waals surface area contributed by atoms with Crippen molar-refractivity contribution in [2.24, 2.45) is 0 Å². The van der Waals surface area contributed by atoms with Crippen molar-refractivity contribution in [2.75, 3.05) is 38.8 Å². The second kappa shape index (κ2) is 11.2. The average molecular weight is 489 g/mol. The van der Waals surface area contributed by atoms with Gasteiger partial charge in [-0.3, -0.25) is 4.79 Å². The molecule has 0 radical (unpaired) electrons. The number of halogens is 2. The van der Waals surface area contributed by atoms with Crippen LogP contribution >= 0.6 is 11.6 Å². The van der Waals surface area contributed by atoms with Crippen molar-refractivity contribution in [3.8, 4) is 17.4 Å². The Morgan fingerprint density at radius 2 is 2.09 bits per heavy atom. The molecule has 2 aromatic rings. The van der Waals surface area contributed by atoms with E-state index in [9.17, 15) is 9.18 Å². The predicted octanol–water partition coefficient (Wildman–Crippen LogP) is 3.59. The van der Waals surface area contributed by atoms with Gasteiger partial charge in [0.05, 0.1) is 19.3 Å². The lowest BCUT2D eigenvalue weighted by atomic mass is 10.2. The Bertz CT molecular complexity index is 1120. The zero-order valence-corrected chi connectivity index (χ0v) is 20.2. The molecule has 1 aliphatic heterocycles. The van der Waals surface area contributed by atoms with E-state index in [0.29, 0.717) is 42.0 Å². The van der Waals surface area contributed by atoms with E-state index in [1.165, 1.54) is 23.2 Å². The molecule has 0 aromatic carbocycles. The van der Waals surface area contributed by atoms with Crippen LogP contribution in [0.15, 0.2) is 54.2 Å². The smallest absolute Gasteiger partial charge is 0.327 e. The number of rotatable bonds is 7. The number of pyridine rings is 1. The van der Waals surface area contributed by atoms with Crippen molar-refractivity contribution in [1.29, 1.82) is 0 Å². The van der Waals surface area contributed by atoms with Crippen molar-refractivity contribution >= 4 is 23.5 Å². The van der Waals surface area contributed by atoms with Gasteiger partial charge in [0.25, 0.3) is 0 Å². The van der Waals surface area contributed by atoms with Crippen LogP contribution in [0.3, 0.4) is 0 Å². The first-order chi connectivity index (χ1) is 16.2. The first-order valence-electron chi connectivity index (χ1n) is 10.5. The number of aromatic nitrogens is 4. The van der Waals surface area contributed by atoms with E-state index in [4.69, 9.17) is 21.1 Å². The largest absolute Gasteiger partial charge is 0.421 e. The fourth-order valence-corrected chi connectivity index (χ4v) is 3.20. The zero-order valence-electron chi connectivity index (χ0n) is 19.5. The van der Waals surface area contributed by atoms with Crippen LogP contribution < -0.4 is 9.64 Å². The molecule has 1 atom stereocenters. The van der Waals surface area contributed by atoms with Crippen molar-refractivity contribution < 1.29 is 18.7 Å². The third kappa shape index (κ3) is 6.36. The maximum Gasteiger partial charge on any atom is 0.327 e. The summed E-state index contributed by atoms with van der Waals surface area (Å²) in [5, 5.41) is 0.324. The second-order valence-corrected chi connectivity index (χ2v) is 8.20. The van der Waals surface area contributed by atoms with E-state index in [1.54, 1.807) is 33.2 Å². The van der Waals surface area contributed by atoms with Gasteiger partial charge in [-0.1, -0.05) is 24.3 Å². The van der Waals surface area contributed by atoms with Crippen LogP contribution in [-0.2, 0) is 9.53 Å². The number of hydrogen-bond acceptors (Lipinski definition) is 8. The van der Waals surface area contributed by atoms with Crippen LogP contribution in [0, 0.1) is 0 Å². The Hall–Kier alpha value is -3.37. The van der Waals surface area contributed by atoms with Crippen LogP contribution in [0.5, 0.6) is 6.01 Å². The molecule has 0 bridgehead atoms. The highest BCUT2D eigenvalue weighted by Crippen LogP contribution is 2.25. The Morgan fingerprint density at radius 3 is 2.71 bits per heavy atom. The Morgan fingerprint density at radius 1 is 1.32 bits per heavy atom. The van der Waals surface area contributed by atoms with Gasteiger partial charge < -0.3 is 19.3 Å². The molecule has 0 N–H and O–H groups in total. The van der Waals surface area contributed by atoms with Gasteiger partial charge in [0, 0.05) is 38.0 Å². The third-order valence-electron chi connectivity index (χ3n) is 4.91. The van der Waals surface area contributed by atoms with Crippen molar-refractivity contribution in [2.45, 2.75) is 19.9 Å². The molecule has 11 heteroatoms. The van der Waals surface area contributed by atoms with Crippen LogP contribution in [0.1, 0.15) is 13.8 Å². The van der Waals surface area contributed by atoms with Crippen molar-refractivity contribution in [1.82, 2.24) is 24.8 Å². The fraction of sp³-hybridized carbons (Fsp3) is 0.348. The SMILES string of the molecule is C=C(F)C(=CC=C(C)C(=O)N(C)C)Oc1nc(-c2ccc(Cl)nc2)nc(N2CCOCC2C)n1. The molecule has 180 valence electrons. The summed E-state index contributed by atoms with van der Waals surface area (Å²) in [5.41, 5.74) is 0.967. The number of allylic oxidation sites excluding steroid dienone is 3. The fourth-order valence-electron chi connectivity index (χ4n) is 3.08. The Balaban J connectivity index is 2.01. The number of anilines is 1. The summed E-state index contributed by atoms with van der Waals surface area (Å²) in [4.78, 5) is 32.8. The van der Waals surface area contributed by atoms with Gasteiger partial charge >= 0.3 is 6.01 Å². The minimum Gasteiger partial charge on any atom is -0.421 e. The number of nitrogens with zero attached hydrogens (tertiary/aromatic N) is 6. The highest BCUT2D eigenvalue weighted by Gasteiger charge is 2.24.